The summed E-state index contributed by atoms with van der Waals surface area (Å²) < 4.78 is 21.7. The second-order valence-electron chi connectivity index (χ2n) is 13.8. The number of allylic oxidation sites excluding steroid dienone is 2. The monoisotopic (exact) mass is 784 g/mol. The highest BCUT2D eigenvalue weighted by Crippen LogP contribution is 2.52. The van der Waals surface area contributed by atoms with Crippen molar-refractivity contribution in [3.8, 4) is 5.75 Å². The maximum atomic E-state index is 13.3. The van der Waals surface area contributed by atoms with Gasteiger partial charge in [-0.25, -0.2) is 19.2 Å². The van der Waals surface area contributed by atoms with Crippen LogP contribution in [0, 0.1) is 22.7 Å². The average Bonchev–Trinajstić information content (AvgIpc) is 3.95. The van der Waals surface area contributed by atoms with Gasteiger partial charge in [0.25, 0.3) is 0 Å². The highest BCUT2D eigenvalue weighted by molar-refractivity contribution is 6.46. The lowest BCUT2D eigenvalue weighted by molar-refractivity contribution is -0.159. The first-order chi connectivity index (χ1) is 22.5. The Morgan fingerprint density at radius 3 is 1.77 bits per heavy atom. The molecule has 0 aliphatic heterocycles. The number of hydrogen-bond acceptors (Lipinski definition) is 8. The smallest absolute Gasteiger partial charge is 0.423 e. The van der Waals surface area contributed by atoms with Crippen molar-refractivity contribution in [1.82, 2.24) is 0 Å². The van der Waals surface area contributed by atoms with Crippen LogP contribution in [0.4, 0.5) is 0 Å². The van der Waals surface area contributed by atoms with Gasteiger partial charge < -0.3 is 18.9 Å². The highest BCUT2D eigenvalue weighted by Gasteiger charge is 2.45. The summed E-state index contributed by atoms with van der Waals surface area (Å²) >= 11 is 37.9. The Kier molecular flexibility index (Phi) is 13.1. The number of benzene rings is 1. The molecule has 4 rings (SSSR count). The van der Waals surface area contributed by atoms with E-state index in [0.717, 1.165) is 57.4 Å². The van der Waals surface area contributed by atoms with Gasteiger partial charge in [0.2, 0.25) is 0 Å². The van der Waals surface area contributed by atoms with Crippen molar-refractivity contribution in [3.05, 3.63) is 48.1 Å². The lowest BCUT2D eigenvalue weighted by Crippen LogP contribution is -2.28. The van der Waals surface area contributed by atoms with Crippen LogP contribution in [-0.4, -0.2) is 42.5 Å². The molecule has 3 aliphatic rings. The zero-order valence-corrected chi connectivity index (χ0v) is 31.7. The van der Waals surface area contributed by atoms with Crippen LogP contribution >= 0.6 is 69.6 Å². The standard InChI is InChI=1S/C34H38Cl6O8/c1-17(2)5-7-33(9-10-33)15-45-29(41)23-25(39)19(35)13-21(37)27(23)47-31(43)32(44)48-28-22(38)14-20(36)26(40)24(28)30(42)46-16-34(11-12-34)8-6-18(3)4/h13,17-18,20H,5-12,14-16H2,1-4H3. The lowest BCUT2D eigenvalue weighted by atomic mass is 9.96. The molecule has 0 radical (unpaired) electrons. The first-order valence-corrected chi connectivity index (χ1v) is 18.2. The fourth-order valence-corrected chi connectivity index (χ4v) is 6.81. The van der Waals surface area contributed by atoms with Gasteiger partial charge in [-0.05, 0) is 56.4 Å². The first-order valence-electron chi connectivity index (χ1n) is 15.9. The molecule has 0 amide bonds. The van der Waals surface area contributed by atoms with Crippen molar-refractivity contribution in [1.29, 1.82) is 0 Å². The van der Waals surface area contributed by atoms with Crippen molar-refractivity contribution in [2.24, 2.45) is 22.7 Å². The summed E-state index contributed by atoms with van der Waals surface area (Å²) in [7, 11) is 0. The average molecular weight is 787 g/mol. The SMILES string of the molecule is CC(C)CCC1(COC(=O)C2=C(Cl)C(Cl)CC(Cl)=C2OC(=O)C(=O)Oc2c(Cl)cc(Cl)c(Cl)c2C(=O)OCC2(CCC(C)C)CC2)CC1. The Bertz CT molecular complexity index is 1520. The summed E-state index contributed by atoms with van der Waals surface area (Å²) in [5.41, 5.74) is -1.07. The predicted octanol–water partition coefficient (Wildman–Crippen LogP) is 10.2. The largest absolute Gasteiger partial charge is 0.461 e. The van der Waals surface area contributed by atoms with Gasteiger partial charge in [-0.1, -0.05) is 98.5 Å². The van der Waals surface area contributed by atoms with E-state index in [9.17, 15) is 19.2 Å². The summed E-state index contributed by atoms with van der Waals surface area (Å²) in [6.45, 7) is 8.72. The van der Waals surface area contributed by atoms with Crippen LogP contribution in [-0.2, 0) is 28.6 Å². The van der Waals surface area contributed by atoms with Gasteiger partial charge >= 0.3 is 23.9 Å². The molecular weight excluding hydrogens is 749 g/mol. The van der Waals surface area contributed by atoms with Crippen molar-refractivity contribution in [2.75, 3.05) is 13.2 Å². The zero-order chi connectivity index (χ0) is 35.6. The molecule has 1 aromatic carbocycles. The minimum Gasteiger partial charge on any atom is -0.461 e. The molecular formula is C34H38Cl6O8. The summed E-state index contributed by atoms with van der Waals surface area (Å²) in [6.07, 6.45) is 7.25. The van der Waals surface area contributed by atoms with E-state index in [4.69, 9.17) is 88.6 Å². The highest BCUT2D eigenvalue weighted by atomic mass is 35.5. The molecule has 0 aromatic heterocycles. The molecule has 1 aromatic rings. The second-order valence-corrected chi connectivity index (χ2v) is 16.4. The van der Waals surface area contributed by atoms with Crippen LogP contribution in [0.5, 0.6) is 5.75 Å². The van der Waals surface area contributed by atoms with Crippen LogP contribution in [0.1, 0.15) is 95.8 Å². The van der Waals surface area contributed by atoms with Gasteiger partial charge in [0.05, 0.1) is 43.7 Å². The Hall–Kier alpha value is -1.68. The maximum Gasteiger partial charge on any atom is 0.423 e. The molecule has 14 heteroatoms. The quantitative estimate of drug-likeness (QED) is 0.0458. The van der Waals surface area contributed by atoms with Gasteiger partial charge in [0, 0.05) is 17.3 Å². The molecule has 2 saturated carbocycles. The molecule has 3 aliphatic carbocycles. The van der Waals surface area contributed by atoms with E-state index in [1.165, 1.54) is 0 Å². The van der Waals surface area contributed by atoms with E-state index >= 15 is 0 Å². The third-order valence-corrected chi connectivity index (χ3v) is 11.2. The zero-order valence-electron chi connectivity index (χ0n) is 27.1. The van der Waals surface area contributed by atoms with E-state index < -0.39 is 46.3 Å². The van der Waals surface area contributed by atoms with Gasteiger partial charge in [0.15, 0.2) is 11.5 Å². The number of ether oxygens (including phenoxy) is 4. The molecule has 0 heterocycles. The third kappa shape index (κ3) is 9.76. The molecule has 0 saturated heterocycles. The van der Waals surface area contributed by atoms with Crippen LogP contribution in [0.15, 0.2) is 27.5 Å². The second kappa shape index (κ2) is 16.1. The van der Waals surface area contributed by atoms with E-state index in [1.807, 2.05) is 0 Å². The molecule has 0 bridgehead atoms. The van der Waals surface area contributed by atoms with E-state index in [1.54, 1.807) is 0 Å². The number of alkyl halides is 1. The Morgan fingerprint density at radius 1 is 0.771 bits per heavy atom. The first kappa shape index (κ1) is 39.1. The molecule has 0 spiro atoms. The van der Waals surface area contributed by atoms with Crippen LogP contribution in [0.2, 0.25) is 15.1 Å². The summed E-state index contributed by atoms with van der Waals surface area (Å²) in [5, 5.41) is -1.90. The summed E-state index contributed by atoms with van der Waals surface area (Å²) in [5.74, 6) is -5.13. The van der Waals surface area contributed by atoms with Crippen molar-refractivity contribution in [2.45, 2.75) is 90.9 Å². The number of rotatable bonds is 14. The van der Waals surface area contributed by atoms with Crippen molar-refractivity contribution < 1.29 is 38.1 Å². The number of carbonyl (C=O) groups excluding carboxylic acids is 4. The lowest BCUT2D eigenvalue weighted by Gasteiger charge is -2.23. The minimum absolute atomic E-state index is 0.0953. The summed E-state index contributed by atoms with van der Waals surface area (Å²) in [4.78, 5) is 52.7. The van der Waals surface area contributed by atoms with Crippen LogP contribution in [0.3, 0.4) is 0 Å². The van der Waals surface area contributed by atoms with E-state index in [2.05, 4.69) is 27.7 Å². The van der Waals surface area contributed by atoms with E-state index in [0.29, 0.717) is 11.8 Å². The van der Waals surface area contributed by atoms with Gasteiger partial charge in [-0.15, -0.1) is 11.6 Å². The number of esters is 4. The van der Waals surface area contributed by atoms with Gasteiger partial charge in [0.1, 0.15) is 11.1 Å². The minimum atomic E-state index is -1.61. The molecule has 1 atom stereocenters. The molecule has 0 N–H and O–H groups in total. The Morgan fingerprint density at radius 2 is 1.27 bits per heavy atom. The maximum absolute atomic E-state index is 13.3. The number of carbonyl (C=O) groups is 4. The topological polar surface area (TPSA) is 105 Å². The van der Waals surface area contributed by atoms with Crippen LogP contribution in [0.25, 0.3) is 0 Å². The van der Waals surface area contributed by atoms with Crippen LogP contribution < -0.4 is 4.74 Å². The van der Waals surface area contributed by atoms with Gasteiger partial charge in [-0.3, -0.25) is 0 Å². The Labute approximate surface area is 310 Å². The normalized spacial score (nSPS) is 19.4. The fourth-order valence-electron chi connectivity index (χ4n) is 5.22. The number of hydrogen-bond donors (Lipinski definition) is 0. The molecule has 8 nitrogen and oxygen atoms in total. The van der Waals surface area contributed by atoms with E-state index in [-0.39, 0.29) is 61.2 Å². The van der Waals surface area contributed by atoms with Crippen molar-refractivity contribution >= 4 is 93.5 Å². The summed E-state index contributed by atoms with van der Waals surface area (Å²) in [6, 6.07) is 1.15. The third-order valence-electron chi connectivity index (χ3n) is 8.87. The molecule has 1 unspecified atom stereocenters. The molecule has 2 fully saturated rings. The van der Waals surface area contributed by atoms with Crippen molar-refractivity contribution in [3.63, 3.8) is 0 Å². The van der Waals surface area contributed by atoms with Gasteiger partial charge in [-0.2, -0.15) is 0 Å². The molecule has 264 valence electrons. The predicted molar refractivity (Wildman–Crippen MR) is 186 cm³/mol. The number of halogens is 6. The Balaban J connectivity index is 1.48. The fraction of sp³-hybridized carbons (Fsp3) is 0.588. The molecule has 48 heavy (non-hydrogen) atoms.